The van der Waals surface area contributed by atoms with Crippen LogP contribution in [-0.4, -0.2) is 43.2 Å². The lowest BCUT2D eigenvalue weighted by Gasteiger charge is -2.36. The Hall–Kier alpha value is -0.120. The van der Waals surface area contributed by atoms with Crippen LogP contribution in [0.5, 0.6) is 0 Å². The molecule has 0 aromatic heterocycles. The van der Waals surface area contributed by atoms with E-state index in [0.29, 0.717) is 0 Å². The van der Waals surface area contributed by atoms with Crippen LogP contribution in [0.15, 0.2) is 0 Å². The van der Waals surface area contributed by atoms with Crippen molar-refractivity contribution in [1.29, 1.82) is 0 Å². The summed E-state index contributed by atoms with van der Waals surface area (Å²) in [4.78, 5) is 2.62. The molecule has 3 fully saturated rings. The Morgan fingerprint density at radius 1 is 1.15 bits per heavy atom. The molecule has 0 spiro atoms. The molecule has 3 aliphatic heterocycles. The van der Waals surface area contributed by atoms with Crippen molar-refractivity contribution in [2.45, 2.75) is 31.3 Å². The second-order valence-electron chi connectivity index (χ2n) is 4.54. The Morgan fingerprint density at radius 2 is 1.92 bits per heavy atom. The Morgan fingerprint density at radius 3 is 2.54 bits per heavy atom. The van der Waals surface area contributed by atoms with Crippen LogP contribution in [0.1, 0.15) is 19.3 Å². The number of fused-ring (bicyclic) bond motifs is 2. The summed E-state index contributed by atoms with van der Waals surface area (Å²) in [5.74, 6) is 0. The average Bonchev–Trinajstić information content (AvgIpc) is 2.75. The van der Waals surface area contributed by atoms with Crippen molar-refractivity contribution in [3.63, 3.8) is 0 Å². The maximum absolute atomic E-state index is 3.67. The van der Waals surface area contributed by atoms with Gasteiger partial charge in [0, 0.05) is 31.7 Å². The first kappa shape index (κ1) is 8.21. The molecule has 3 heteroatoms. The molecule has 73 valence electrons. The van der Waals surface area contributed by atoms with Gasteiger partial charge in [-0.25, -0.2) is 0 Å². The maximum atomic E-state index is 3.67. The van der Waals surface area contributed by atoms with Gasteiger partial charge in [0.25, 0.3) is 0 Å². The summed E-state index contributed by atoms with van der Waals surface area (Å²) < 4.78 is 0. The molecular weight excluding hydrogens is 162 g/mol. The van der Waals surface area contributed by atoms with E-state index in [2.05, 4.69) is 15.5 Å². The summed E-state index contributed by atoms with van der Waals surface area (Å²) in [6, 6.07) is 3.22. The van der Waals surface area contributed by atoms with Gasteiger partial charge in [0.15, 0.2) is 0 Å². The van der Waals surface area contributed by atoms with Gasteiger partial charge in [-0.3, -0.25) is 4.90 Å². The molecule has 0 aromatic carbocycles. The summed E-state index contributed by atoms with van der Waals surface area (Å²) >= 11 is 0. The lowest BCUT2D eigenvalue weighted by molar-refractivity contribution is 0.203. The molecule has 3 aliphatic rings. The zero-order valence-corrected chi connectivity index (χ0v) is 8.05. The monoisotopic (exact) mass is 180 g/mol. The number of piperazine rings is 1. The SMILES string of the molecule is C1C[C](N2CC3CCC(C2)N3)CN1. The van der Waals surface area contributed by atoms with Crippen LogP contribution in [0.4, 0.5) is 0 Å². The molecule has 2 bridgehead atoms. The van der Waals surface area contributed by atoms with E-state index in [1.165, 1.54) is 38.9 Å². The zero-order valence-electron chi connectivity index (χ0n) is 8.05. The van der Waals surface area contributed by atoms with E-state index in [1.54, 1.807) is 6.04 Å². The first-order valence-electron chi connectivity index (χ1n) is 5.48. The first-order chi connectivity index (χ1) is 6.42. The van der Waals surface area contributed by atoms with Crippen molar-refractivity contribution in [1.82, 2.24) is 15.5 Å². The van der Waals surface area contributed by atoms with Crippen LogP contribution in [0.25, 0.3) is 0 Å². The Labute approximate surface area is 79.9 Å². The molecule has 0 saturated carbocycles. The van der Waals surface area contributed by atoms with E-state index in [0.717, 1.165) is 18.6 Å². The van der Waals surface area contributed by atoms with Crippen molar-refractivity contribution >= 4 is 0 Å². The van der Waals surface area contributed by atoms with E-state index in [-0.39, 0.29) is 0 Å². The van der Waals surface area contributed by atoms with Crippen molar-refractivity contribution < 1.29 is 0 Å². The molecule has 3 rings (SSSR count). The van der Waals surface area contributed by atoms with Gasteiger partial charge in [0.1, 0.15) is 0 Å². The van der Waals surface area contributed by atoms with E-state index in [1.807, 2.05) is 0 Å². The molecule has 3 nitrogen and oxygen atoms in total. The molecular formula is C10H18N3. The quantitative estimate of drug-likeness (QED) is 0.592. The molecule has 0 amide bonds. The molecule has 3 heterocycles. The summed E-state index contributed by atoms with van der Waals surface area (Å²) in [5, 5.41) is 7.09. The lowest BCUT2D eigenvalue weighted by Crippen LogP contribution is -2.52. The van der Waals surface area contributed by atoms with Crippen LogP contribution in [0.3, 0.4) is 0 Å². The van der Waals surface area contributed by atoms with Gasteiger partial charge >= 0.3 is 0 Å². The molecule has 2 N–H and O–H groups in total. The van der Waals surface area contributed by atoms with Gasteiger partial charge in [0.2, 0.25) is 0 Å². The van der Waals surface area contributed by atoms with Gasteiger partial charge in [-0.1, -0.05) is 0 Å². The van der Waals surface area contributed by atoms with Crippen LogP contribution >= 0.6 is 0 Å². The Kier molecular flexibility index (Phi) is 2.04. The minimum Gasteiger partial charge on any atom is -0.315 e. The highest BCUT2D eigenvalue weighted by Crippen LogP contribution is 2.26. The highest BCUT2D eigenvalue weighted by Gasteiger charge is 2.36. The minimum atomic E-state index is 0.784. The number of hydrogen-bond acceptors (Lipinski definition) is 3. The fraction of sp³-hybridized carbons (Fsp3) is 0.900. The fourth-order valence-corrected chi connectivity index (χ4v) is 2.88. The second-order valence-corrected chi connectivity index (χ2v) is 4.54. The predicted octanol–water partition coefficient (Wildman–Crippen LogP) is -0.0521. The molecule has 13 heavy (non-hydrogen) atoms. The molecule has 2 unspecified atom stereocenters. The van der Waals surface area contributed by atoms with E-state index >= 15 is 0 Å². The number of nitrogens with one attached hydrogen (secondary N) is 2. The molecule has 1 radical (unpaired) electrons. The number of hydrogen-bond donors (Lipinski definition) is 2. The van der Waals surface area contributed by atoms with Gasteiger partial charge in [-0.2, -0.15) is 0 Å². The number of nitrogens with zero attached hydrogens (tertiary/aromatic N) is 1. The summed E-state index contributed by atoms with van der Waals surface area (Å²) in [5.41, 5.74) is 0. The standard InChI is InChI=1S/C10H18N3/c1-2-9-7-13(6-8(1)12-9)10-3-4-11-5-10/h8-9,11-12H,1-7H2. The molecule has 0 aromatic rings. The van der Waals surface area contributed by atoms with Crippen LogP contribution < -0.4 is 10.6 Å². The van der Waals surface area contributed by atoms with Crippen molar-refractivity contribution in [3.8, 4) is 0 Å². The van der Waals surface area contributed by atoms with E-state index in [4.69, 9.17) is 0 Å². The van der Waals surface area contributed by atoms with Gasteiger partial charge in [-0.05, 0) is 25.8 Å². The Balaban J connectivity index is 1.65. The topological polar surface area (TPSA) is 27.3 Å². The van der Waals surface area contributed by atoms with Crippen LogP contribution in [0, 0.1) is 6.04 Å². The smallest absolute Gasteiger partial charge is 0.0543 e. The van der Waals surface area contributed by atoms with Crippen molar-refractivity contribution in [3.05, 3.63) is 6.04 Å². The van der Waals surface area contributed by atoms with E-state index < -0.39 is 0 Å². The largest absolute Gasteiger partial charge is 0.315 e. The summed E-state index contributed by atoms with van der Waals surface area (Å²) in [7, 11) is 0. The maximum Gasteiger partial charge on any atom is 0.0543 e. The normalized spacial score (nSPS) is 41.5. The fourth-order valence-electron chi connectivity index (χ4n) is 2.88. The molecule has 2 atom stereocenters. The third-order valence-corrected chi connectivity index (χ3v) is 3.58. The Bertz CT molecular complexity index is 177. The summed E-state index contributed by atoms with van der Waals surface area (Å²) in [6.45, 7) is 4.84. The average molecular weight is 180 g/mol. The number of rotatable bonds is 1. The minimum absolute atomic E-state index is 0.784. The highest BCUT2D eigenvalue weighted by atomic mass is 15.3. The van der Waals surface area contributed by atoms with Crippen LogP contribution in [0.2, 0.25) is 0 Å². The van der Waals surface area contributed by atoms with Gasteiger partial charge in [-0.15, -0.1) is 0 Å². The van der Waals surface area contributed by atoms with Gasteiger partial charge in [0.05, 0.1) is 6.04 Å². The summed E-state index contributed by atoms with van der Waals surface area (Å²) in [6.07, 6.45) is 4.06. The third-order valence-electron chi connectivity index (χ3n) is 3.58. The highest BCUT2D eigenvalue weighted by molar-refractivity contribution is 5.04. The van der Waals surface area contributed by atoms with Crippen molar-refractivity contribution in [2.24, 2.45) is 0 Å². The first-order valence-corrected chi connectivity index (χ1v) is 5.48. The van der Waals surface area contributed by atoms with Crippen LogP contribution in [-0.2, 0) is 0 Å². The lowest BCUT2D eigenvalue weighted by atomic mass is 10.1. The second kappa shape index (κ2) is 3.23. The molecule has 0 aliphatic carbocycles. The third kappa shape index (κ3) is 1.49. The van der Waals surface area contributed by atoms with Gasteiger partial charge < -0.3 is 10.6 Å². The predicted molar refractivity (Wildman–Crippen MR) is 52.2 cm³/mol. The van der Waals surface area contributed by atoms with Crippen molar-refractivity contribution in [2.75, 3.05) is 26.2 Å². The van der Waals surface area contributed by atoms with E-state index in [9.17, 15) is 0 Å². The zero-order chi connectivity index (χ0) is 8.67. The molecule has 3 saturated heterocycles. The number of likely N-dealkylation sites (tertiary alicyclic amines) is 1.